The van der Waals surface area contributed by atoms with Crippen molar-refractivity contribution in [3.05, 3.63) is 16.1 Å². The molecule has 1 heterocycles. The van der Waals surface area contributed by atoms with Crippen LogP contribution in [0.25, 0.3) is 0 Å². The smallest absolute Gasteiger partial charge is 0.239 e. The van der Waals surface area contributed by atoms with Gasteiger partial charge in [-0.15, -0.1) is 11.3 Å². The maximum atomic E-state index is 12.3. The Morgan fingerprint density at radius 2 is 2.20 bits per heavy atom. The van der Waals surface area contributed by atoms with Crippen molar-refractivity contribution >= 4 is 17.2 Å². The SMILES string of the molecule is Cc1ncsc1CN(C)C(=O)C(N)CC1CCCCC1. The molecular weight excluding hydrogens is 270 g/mol. The molecule has 2 rings (SSSR count). The van der Waals surface area contributed by atoms with Crippen LogP contribution in [0.4, 0.5) is 0 Å². The number of carbonyl (C=O) groups is 1. The topological polar surface area (TPSA) is 59.2 Å². The van der Waals surface area contributed by atoms with Crippen LogP contribution in [0, 0.1) is 12.8 Å². The maximum Gasteiger partial charge on any atom is 0.239 e. The van der Waals surface area contributed by atoms with E-state index >= 15 is 0 Å². The van der Waals surface area contributed by atoms with Crippen LogP contribution in [-0.4, -0.2) is 28.9 Å². The van der Waals surface area contributed by atoms with Gasteiger partial charge in [-0.3, -0.25) is 4.79 Å². The second-order valence-electron chi connectivity index (χ2n) is 5.90. The number of likely N-dealkylation sites (N-methyl/N-ethyl adjacent to an activating group) is 1. The van der Waals surface area contributed by atoms with Gasteiger partial charge in [-0.05, 0) is 19.3 Å². The molecule has 0 aliphatic heterocycles. The lowest BCUT2D eigenvalue weighted by molar-refractivity contribution is -0.132. The Balaban J connectivity index is 1.84. The Morgan fingerprint density at radius 3 is 2.80 bits per heavy atom. The Hall–Kier alpha value is -0.940. The predicted octanol–water partition coefficient (Wildman–Crippen LogP) is 2.71. The number of nitrogens with two attached hydrogens (primary N) is 1. The Morgan fingerprint density at radius 1 is 1.50 bits per heavy atom. The standard InChI is InChI=1S/C15H25N3OS/c1-11-14(20-10-17-11)9-18(2)15(19)13(16)8-12-6-4-3-5-7-12/h10,12-13H,3-9,16H2,1-2H3. The van der Waals surface area contributed by atoms with E-state index in [1.165, 1.54) is 32.1 Å². The fraction of sp³-hybridized carbons (Fsp3) is 0.733. The second-order valence-corrected chi connectivity index (χ2v) is 6.84. The summed E-state index contributed by atoms with van der Waals surface area (Å²) >= 11 is 1.60. The van der Waals surface area contributed by atoms with E-state index in [0.717, 1.165) is 17.0 Å². The summed E-state index contributed by atoms with van der Waals surface area (Å²) in [5, 5.41) is 0. The minimum absolute atomic E-state index is 0.0587. The van der Waals surface area contributed by atoms with E-state index in [1.54, 1.807) is 16.2 Å². The molecule has 0 saturated heterocycles. The summed E-state index contributed by atoms with van der Waals surface area (Å²) in [6.07, 6.45) is 7.23. The van der Waals surface area contributed by atoms with Crippen molar-refractivity contribution in [1.82, 2.24) is 9.88 Å². The molecule has 1 atom stereocenters. The van der Waals surface area contributed by atoms with Gasteiger partial charge in [0.05, 0.1) is 23.8 Å². The molecule has 1 saturated carbocycles. The lowest BCUT2D eigenvalue weighted by Crippen LogP contribution is -2.42. The first-order valence-electron chi connectivity index (χ1n) is 7.47. The van der Waals surface area contributed by atoms with Crippen molar-refractivity contribution in [2.75, 3.05) is 7.05 Å². The molecule has 1 aliphatic carbocycles. The molecule has 5 heteroatoms. The normalized spacial score (nSPS) is 17.9. The Labute approximate surface area is 125 Å². The van der Waals surface area contributed by atoms with Gasteiger partial charge in [-0.1, -0.05) is 32.1 Å². The average molecular weight is 295 g/mol. The van der Waals surface area contributed by atoms with Crippen LogP contribution in [0.5, 0.6) is 0 Å². The highest BCUT2D eigenvalue weighted by Gasteiger charge is 2.24. The lowest BCUT2D eigenvalue weighted by Gasteiger charge is -2.26. The molecule has 1 unspecified atom stereocenters. The zero-order valence-electron chi connectivity index (χ0n) is 12.5. The first-order chi connectivity index (χ1) is 9.58. The molecular formula is C15H25N3OS. The maximum absolute atomic E-state index is 12.3. The summed E-state index contributed by atoms with van der Waals surface area (Å²) in [6.45, 7) is 2.60. The summed E-state index contributed by atoms with van der Waals surface area (Å²) in [5.41, 5.74) is 8.95. The molecule has 1 amide bonds. The number of aromatic nitrogens is 1. The highest BCUT2D eigenvalue weighted by Crippen LogP contribution is 2.27. The summed E-state index contributed by atoms with van der Waals surface area (Å²) in [4.78, 5) is 19.4. The van der Waals surface area contributed by atoms with Crippen LogP contribution in [-0.2, 0) is 11.3 Å². The van der Waals surface area contributed by atoms with E-state index in [-0.39, 0.29) is 11.9 Å². The monoisotopic (exact) mass is 295 g/mol. The summed E-state index contributed by atoms with van der Waals surface area (Å²) in [6, 6.07) is -0.351. The number of aryl methyl sites for hydroxylation is 1. The van der Waals surface area contributed by atoms with Crippen molar-refractivity contribution in [3.8, 4) is 0 Å². The van der Waals surface area contributed by atoms with Crippen LogP contribution in [0.15, 0.2) is 5.51 Å². The van der Waals surface area contributed by atoms with Gasteiger partial charge in [0.2, 0.25) is 5.91 Å². The molecule has 4 nitrogen and oxygen atoms in total. The highest BCUT2D eigenvalue weighted by atomic mass is 32.1. The number of thiazole rings is 1. The molecule has 0 bridgehead atoms. The zero-order valence-corrected chi connectivity index (χ0v) is 13.3. The van der Waals surface area contributed by atoms with Gasteiger partial charge in [0, 0.05) is 11.9 Å². The van der Waals surface area contributed by atoms with E-state index in [4.69, 9.17) is 5.73 Å². The first kappa shape index (κ1) is 15.4. The van der Waals surface area contributed by atoms with Crippen LogP contribution in [0.3, 0.4) is 0 Å². The molecule has 2 N–H and O–H groups in total. The first-order valence-corrected chi connectivity index (χ1v) is 8.35. The van der Waals surface area contributed by atoms with Crippen molar-refractivity contribution in [1.29, 1.82) is 0 Å². The molecule has 112 valence electrons. The van der Waals surface area contributed by atoms with Crippen molar-refractivity contribution < 1.29 is 4.79 Å². The van der Waals surface area contributed by atoms with E-state index in [9.17, 15) is 4.79 Å². The Kier molecular flexibility index (Phi) is 5.54. The van der Waals surface area contributed by atoms with Gasteiger partial charge in [0.1, 0.15) is 0 Å². The molecule has 1 fully saturated rings. The molecule has 1 aromatic rings. The van der Waals surface area contributed by atoms with Gasteiger partial charge < -0.3 is 10.6 Å². The van der Waals surface area contributed by atoms with E-state index in [0.29, 0.717) is 12.5 Å². The Bertz CT molecular complexity index is 440. The summed E-state index contributed by atoms with van der Waals surface area (Å²) in [5.74, 6) is 0.699. The molecule has 0 radical (unpaired) electrons. The number of hydrogen-bond donors (Lipinski definition) is 1. The quantitative estimate of drug-likeness (QED) is 0.908. The largest absolute Gasteiger partial charge is 0.339 e. The van der Waals surface area contributed by atoms with Crippen LogP contribution < -0.4 is 5.73 Å². The third-order valence-corrected chi connectivity index (χ3v) is 5.15. The number of nitrogens with zero attached hydrogens (tertiary/aromatic N) is 2. The fourth-order valence-corrected chi connectivity index (χ4v) is 3.77. The number of hydrogen-bond acceptors (Lipinski definition) is 4. The molecule has 1 aromatic heterocycles. The number of amides is 1. The summed E-state index contributed by atoms with van der Waals surface area (Å²) in [7, 11) is 1.84. The minimum Gasteiger partial charge on any atom is -0.339 e. The lowest BCUT2D eigenvalue weighted by atomic mass is 9.85. The van der Waals surface area contributed by atoms with Gasteiger partial charge in [-0.2, -0.15) is 0 Å². The molecule has 0 aromatic carbocycles. The number of carbonyl (C=O) groups excluding carboxylic acids is 1. The third kappa shape index (κ3) is 4.03. The predicted molar refractivity (Wildman–Crippen MR) is 82.5 cm³/mol. The van der Waals surface area contributed by atoms with Gasteiger partial charge in [0.15, 0.2) is 0 Å². The van der Waals surface area contributed by atoms with Crippen molar-refractivity contribution in [2.24, 2.45) is 11.7 Å². The highest BCUT2D eigenvalue weighted by molar-refractivity contribution is 7.09. The van der Waals surface area contributed by atoms with Gasteiger partial charge in [0.25, 0.3) is 0 Å². The molecule has 20 heavy (non-hydrogen) atoms. The van der Waals surface area contributed by atoms with Gasteiger partial charge >= 0.3 is 0 Å². The fourth-order valence-electron chi connectivity index (χ4n) is 2.94. The van der Waals surface area contributed by atoms with E-state index in [1.807, 2.05) is 19.5 Å². The average Bonchev–Trinajstić information content (AvgIpc) is 2.84. The van der Waals surface area contributed by atoms with Crippen LogP contribution >= 0.6 is 11.3 Å². The van der Waals surface area contributed by atoms with Gasteiger partial charge in [-0.25, -0.2) is 4.98 Å². The molecule has 1 aliphatic rings. The second kappa shape index (κ2) is 7.18. The van der Waals surface area contributed by atoms with Crippen LogP contribution in [0.1, 0.15) is 49.1 Å². The van der Waals surface area contributed by atoms with E-state index in [2.05, 4.69) is 4.98 Å². The zero-order chi connectivity index (χ0) is 14.5. The third-order valence-electron chi connectivity index (χ3n) is 4.23. The van der Waals surface area contributed by atoms with Crippen LogP contribution in [0.2, 0.25) is 0 Å². The van der Waals surface area contributed by atoms with Crippen molar-refractivity contribution in [3.63, 3.8) is 0 Å². The summed E-state index contributed by atoms with van der Waals surface area (Å²) < 4.78 is 0. The van der Waals surface area contributed by atoms with Crippen molar-refractivity contribution in [2.45, 2.75) is 58.0 Å². The number of rotatable bonds is 5. The molecule has 0 spiro atoms. The minimum atomic E-state index is -0.351. The van der Waals surface area contributed by atoms with E-state index < -0.39 is 0 Å².